The highest BCUT2D eigenvalue weighted by Crippen LogP contribution is 2.34. The van der Waals surface area contributed by atoms with Gasteiger partial charge >= 0.3 is 0 Å². The molecule has 6 nitrogen and oxygen atoms in total. The zero-order chi connectivity index (χ0) is 13.9. The number of thiophene rings is 1. The molecule has 1 fully saturated rings. The summed E-state index contributed by atoms with van der Waals surface area (Å²) < 4.78 is 1.96. The summed E-state index contributed by atoms with van der Waals surface area (Å²) in [6.45, 7) is 1.62. The van der Waals surface area contributed by atoms with Gasteiger partial charge in [-0.25, -0.2) is 4.68 Å². The van der Waals surface area contributed by atoms with Gasteiger partial charge in [0.15, 0.2) is 5.82 Å². The highest BCUT2D eigenvalue weighted by Gasteiger charge is 2.27. The van der Waals surface area contributed by atoms with Crippen LogP contribution in [0.5, 0.6) is 0 Å². The minimum Gasteiger partial charge on any atom is -0.308 e. The van der Waals surface area contributed by atoms with Gasteiger partial charge in [-0.05, 0) is 48.8 Å². The van der Waals surface area contributed by atoms with E-state index in [0.717, 1.165) is 18.9 Å². The summed E-state index contributed by atoms with van der Waals surface area (Å²) in [6.07, 6.45) is 2.40. The van der Waals surface area contributed by atoms with Crippen molar-refractivity contribution in [3.63, 3.8) is 0 Å². The second kappa shape index (κ2) is 5.99. The fraction of sp³-hybridized carbons (Fsp3) is 0.615. The minimum atomic E-state index is 0.389. The van der Waals surface area contributed by atoms with Crippen molar-refractivity contribution < 1.29 is 0 Å². The highest BCUT2D eigenvalue weighted by atomic mass is 32.1. The van der Waals surface area contributed by atoms with E-state index in [-0.39, 0.29) is 0 Å². The smallest absolute Gasteiger partial charge is 0.165 e. The molecule has 2 aromatic rings. The van der Waals surface area contributed by atoms with Crippen LogP contribution < -0.4 is 5.32 Å². The number of tetrazole rings is 1. The maximum Gasteiger partial charge on any atom is 0.165 e. The molecular formula is C13H20N6S. The summed E-state index contributed by atoms with van der Waals surface area (Å²) in [5, 5.41) is 17.6. The zero-order valence-corrected chi connectivity index (χ0v) is 12.7. The van der Waals surface area contributed by atoms with E-state index in [1.54, 1.807) is 11.3 Å². The Hall–Kier alpha value is -1.31. The Kier molecular flexibility index (Phi) is 4.09. The molecular weight excluding hydrogens is 272 g/mol. The van der Waals surface area contributed by atoms with Crippen LogP contribution >= 0.6 is 11.3 Å². The quantitative estimate of drug-likeness (QED) is 0.837. The van der Waals surface area contributed by atoms with E-state index < -0.39 is 0 Å². The predicted molar refractivity (Wildman–Crippen MR) is 78.5 cm³/mol. The molecule has 1 aliphatic carbocycles. The molecule has 0 bridgehead atoms. The highest BCUT2D eigenvalue weighted by molar-refractivity contribution is 7.10. The Morgan fingerprint density at radius 3 is 3.00 bits per heavy atom. The summed E-state index contributed by atoms with van der Waals surface area (Å²) in [6, 6.07) is 5.21. The first-order valence-corrected chi connectivity index (χ1v) is 7.81. The molecule has 0 amide bonds. The molecule has 2 aromatic heterocycles. The van der Waals surface area contributed by atoms with Crippen LogP contribution in [0, 0.1) is 0 Å². The molecule has 1 N–H and O–H groups in total. The lowest BCUT2D eigenvalue weighted by atomic mass is 10.2. The third-order valence-corrected chi connectivity index (χ3v) is 4.54. The second-order valence-corrected chi connectivity index (χ2v) is 6.38. The Balaban J connectivity index is 1.56. The van der Waals surface area contributed by atoms with Gasteiger partial charge in [0.2, 0.25) is 0 Å². The second-order valence-electron chi connectivity index (χ2n) is 5.40. The van der Waals surface area contributed by atoms with Crippen LogP contribution in [0.25, 0.3) is 0 Å². The Labute approximate surface area is 122 Å². The van der Waals surface area contributed by atoms with Gasteiger partial charge in [0.1, 0.15) is 0 Å². The van der Waals surface area contributed by atoms with Gasteiger partial charge in [0.25, 0.3) is 0 Å². The van der Waals surface area contributed by atoms with E-state index in [4.69, 9.17) is 0 Å². The van der Waals surface area contributed by atoms with E-state index in [0.29, 0.717) is 12.1 Å². The molecule has 2 heterocycles. The standard InChI is InChI=1S/C13H20N6S/c1-18(2)11(12-4-3-7-20-12)8-14-9-13-15-16-17-19(13)10-5-6-10/h3-4,7,10-11,14H,5-6,8-9H2,1-2H3. The first-order chi connectivity index (χ1) is 9.75. The van der Waals surface area contributed by atoms with Gasteiger partial charge in [0, 0.05) is 11.4 Å². The van der Waals surface area contributed by atoms with E-state index in [1.807, 2.05) is 4.68 Å². The van der Waals surface area contributed by atoms with E-state index >= 15 is 0 Å². The number of hydrogen-bond donors (Lipinski definition) is 1. The summed E-state index contributed by atoms with van der Waals surface area (Å²) in [4.78, 5) is 3.62. The fourth-order valence-corrected chi connectivity index (χ4v) is 3.19. The van der Waals surface area contributed by atoms with Gasteiger partial charge in [0.05, 0.1) is 18.6 Å². The van der Waals surface area contributed by atoms with Crippen LogP contribution in [0.3, 0.4) is 0 Å². The third-order valence-electron chi connectivity index (χ3n) is 3.57. The Bertz CT molecular complexity index is 531. The topological polar surface area (TPSA) is 58.9 Å². The van der Waals surface area contributed by atoms with Crippen LogP contribution in [0.4, 0.5) is 0 Å². The van der Waals surface area contributed by atoms with Gasteiger partial charge < -0.3 is 10.2 Å². The lowest BCUT2D eigenvalue weighted by molar-refractivity contribution is 0.291. The largest absolute Gasteiger partial charge is 0.308 e. The lowest BCUT2D eigenvalue weighted by Gasteiger charge is -2.23. The molecule has 3 rings (SSSR count). The Morgan fingerprint density at radius 2 is 2.35 bits per heavy atom. The first-order valence-electron chi connectivity index (χ1n) is 6.93. The summed E-state index contributed by atoms with van der Waals surface area (Å²) in [7, 11) is 4.22. The molecule has 1 aliphatic rings. The predicted octanol–water partition coefficient (Wildman–Crippen LogP) is 1.46. The zero-order valence-electron chi connectivity index (χ0n) is 11.9. The normalized spacial score (nSPS) is 16.8. The van der Waals surface area contributed by atoms with Crippen molar-refractivity contribution in [2.24, 2.45) is 0 Å². The van der Waals surface area contributed by atoms with Crippen molar-refractivity contribution >= 4 is 11.3 Å². The van der Waals surface area contributed by atoms with Crippen molar-refractivity contribution in [1.82, 2.24) is 30.4 Å². The van der Waals surface area contributed by atoms with Crippen molar-refractivity contribution in [1.29, 1.82) is 0 Å². The van der Waals surface area contributed by atoms with E-state index in [1.165, 1.54) is 17.7 Å². The average Bonchev–Trinajstić information content (AvgIpc) is 2.94. The SMILES string of the molecule is CN(C)C(CNCc1nnnn1C1CC1)c1cccs1. The van der Waals surface area contributed by atoms with Gasteiger partial charge in [-0.3, -0.25) is 0 Å². The summed E-state index contributed by atoms with van der Waals surface area (Å²) in [5.74, 6) is 0.941. The lowest BCUT2D eigenvalue weighted by Crippen LogP contribution is -2.31. The molecule has 0 spiro atoms. The molecule has 0 radical (unpaired) electrons. The first kappa shape index (κ1) is 13.7. The minimum absolute atomic E-state index is 0.389. The molecule has 0 saturated heterocycles. The van der Waals surface area contributed by atoms with E-state index in [9.17, 15) is 0 Å². The fourth-order valence-electron chi connectivity index (χ4n) is 2.27. The number of nitrogens with zero attached hydrogens (tertiary/aromatic N) is 5. The average molecular weight is 292 g/mol. The van der Waals surface area contributed by atoms with Crippen LogP contribution in [0.2, 0.25) is 0 Å². The molecule has 108 valence electrons. The molecule has 20 heavy (non-hydrogen) atoms. The summed E-state index contributed by atoms with van der Waals surface area (Å²) in [5.41, 5.74) is 0. The monoisotopic (exact) mass is 292 g/mol. The van der Waals surface area contributed by atoms with Crippen LogP contribution in [0.15, 0.2) is 17.5 Å². The maximum absolute atomic E-state index is 4.11. The third kappa shape index (κ3) is 3.05. The van der Waals surface area contributed by atoms with Crippen LogP contribution in [-0.4, -0.2) is 45.7 Å². The van der Waals surface area contributed by atoms with Crippen molar-refractivity contribution in [3.8, 4) is 0 Å². The molecule has 0 aliphatic heterocycles. The molecule has 7 heteroatoms. The molecule has 0 aromatic carbocycles. The van der Waals surface area contributed by atoms with Crippen LogP contribution in [-0.2, 0) is 6.54 Å². The number of rotatable bonds is 7. The van der Waals surface area contributed by atoms with Crippen molar-refractivity contribution in [2.45, 2.75) is 31.5 Å². The van der Waals surface area contributed by atoms with Crippen molar-refractivity contribution in [3.05, 3.63) is 28.2 Å². The van der Waals surface area contributed by atoms with Gasteiger partial charge in [-0.2, -0.15) is 0 Å². The summed E-state index contributed by atoms with van der Waals surface area (Å²) >= 11 is 1.80. The van der Waals surface area contributed by atoms with E-state index in [2.05, 4.69) is 57.4 Å². The Morgan fingerprint density at radius 1 is 1.50 bits per heavy atom. The number of nitrogens with one attached hydrogen (secondary N) is 1. The van der Waals surface area contributed by atoms with Gasteiger partial charge in [-0.15, -0.1) is 16.4 Å². The molecule has 1 saturated carbocycles. The number of likely N-dealkylation sites (N-methyl/N-ethyl adjacent to an activating group) is 1. The van der Waals surface area contributed by atoms with Crippen LogP contribution in [0.1, 0.15) is 35.6 Å². The maximum atomic E-state index is 4.11. The van der Waals surface area contributed by atoms with Crippen molar-refractivity contribution in [2.75, 3.05) is 20.6 Å². The number of hydrogen-bond acceptors (Lipinski definition) is 6. The molecule has 1 unspecified atom stereocenters. The number of aromatic nitrogens is 4. The molecule has 1 atom stereocenters. The van der Waals surface area contributed by atoms with Gasteiger partial charge in [-0.1, -0.05) is 6.07 Å².